The molecule has 27 heavy (non-hydrogen) atoms. The van der Waals surface area contributed by atoms with Crippen LogP contribution in [0.4, 0.5) is 0 Å². The van der Waals surface area contributed by atoms with Crippen molar-refractivity contribution in [3.63, 3.8) is 0 Å². The highest BCUT2D eigenvalue weighted by Crippen LogP contribution is 2.27. The third-order valence-electron chi connectivity index (χ3n) is 4.52. The summed E-state index contributed by atoms with van der Waals surface area (Å²) >= 11 is 0. The third-order valence-corrected chi connectivity index (χ3v) is 5.43. The van der Waals surface area contributed by atoms with Gasteiger partial charge in [0.1, 0.15) is 21.2 Å². The second-order valence-corrected chi connectivity index (χ2v) is 9.87. The van der Waals surface area contributed by atoms with Crippen LogP contribution in [-0.2, 0) is 27.5 Å². The number of aromatic nitrogens is 3. The highest BCUT2D eigenvalue weighted by molar-refractivity contribution is 7.90. The molecule has 3 aromatic rings. The normalized spacial score (nSPS) is 12.9. The molecule has 7 heteroatoms. The first kappa shape index (κ1) is 19.8. The predicted molar refractivity (Wildman–Crippen MR) is 109 cm³/mol. The average Bonchev–Trinajstić information content (AvgIpc) is 2.91. The van der Waals surface area contributed by atoms with E-state index in [-0.39, 0.29) is 12.4 Å². The van der Waals surface area contributed by atoms with Gasteiger partial charge in [0.2, 0.25) is 0 Å². The maximum absolute atomic E-state index is 11.4. The fourth-order valence-electron chi connectivity index (χ4n) is 3.29. The lowest BCUT2D eigenvalue weighted by molar-refractivity contribution is -0.0210. The van der Waals surface area contributed by atoms with E-state index in [0.29, 0.717) is 6.54 Å². The largest absolute Gasteiger partial charge is 0.373 e. The fourth-order valence-corrected chi connectivity index (χ4v) is 3.68. The number of hydrogen-bond acceptors (Lipinski definition) is 5. The van der Waals surface area contributed by atoms with Crippen LogP contribution in [0.3, 0.4) is 0 Å². The van der Waals surface area contributed by atoms with Crippen molar-refractivity contribution in [3.05, 3.63) is 36.3 Å². The number of sulfone groups is 1. The summed E-state index contributed by atoms with van der Waals surface area (Å²) in [5.74, 6) is 1.03. The van der Waals surface area contributed by atoms with E-state index < -0.39 is 15.4 Å². The van der Waals surface area contributed by atoms with Crippen LogP contribution in [0.2, 0.25) is 0 Å². The maximum atomic E-state index is 11.4. The number of fused-ring (bicyclic) bond motifs is 3. The van der Waals surface area contributed by atoms with Gasteiger partial charge in [-0.05, 0) is 26.3 Å². The van der Waals surface area contributed by atoms with E-state index in [1.807, 2.05) is 38.2 Å². The Balaban J connectivity index is 2.00. The van der Waals surface area contributed by atoms with E-state index in [1.165, 1.54) is 6.26 Å². The Morgan fingerprint density at radius 3 is 2.63 bits per heavy atom. The molecule has 0 amide bonds. The van der Waals surface area contributed by atoms with E-state index >= 15 is 0 Å². The van der Waals surface area contributed by atoms with Crippen molar-refractivity contribution < 1.29 is 13.2 Å². The first-order chi connectivity index (χ1) is 12.7. The molecule has 0 N–H and O–H groups in total. The highest BCUT2D eigenvalue weighted by atomic mass is 32.2. The molecule has 0 aliphatic heterocycles. The summed E-state index contributed by atoms with van der Waals surface area (Å²) < 4.78 is 30.9. The van der Waals surface area contributed by atoms with Gasteiger partial charge in [0.15, 0.2) is 0 Å². The number of benzene rings is 1. The lowest BCUT2D eigenvalue weighted by Gasteiger charge is -2.27. The predicted octanol–water partition coefficient (Wildman–Crippen LogP) is 3.38. The Hall–Kier alpha value is -1.99. The van der Waals surface area contributed by atoms with Gasteiger partial charge in [0, 0.05) is 18.1 Å². The molecule has 0 fully saturated rings. The molecule has 0 atom stereocenters. The summed E-state index contributed by atoms with van der Waals surface area (Å²) in [6.07, 6.45) is 4.91. The number of hydrogen-bond donors (Lipinski definition) is 0. The van der Waals surface area contributed by atoms with Crippen molar-refractivity contribution in [3.8, 4) is 0 Å². The molecule has 0 spiro atoms. The van der Waals surface area contributed by atoms with Crippen LogP contribution in [0.25, 0.3) is 21.9 Å². The summed E-state index contributed by atoms with van der Waals surface area (Å²) in [7, 11) is -3.04. The average molecular weight is 390 g/mol. The topological polar surface area (TPSA) is 74.1 Å². The molecule has 1 aromatic carbocycles. The first-order valence-electron chi connectivity index (χ1n) is 9.25. The van der Waals surface area contributed by atoms with E-state index in [2.05, 4.69) is 22.5 Å². The molecular weight excluding hydrogens is 362 g/mol. The van der Waals surface area contributed by atoms with E-state index in [9.17, 15) is 8.42 Å². The van der Waals surface area contributed by atoms with Crippen LogP contribution < -0.4 is 0 Å². The Bertz CT molecular complexity index is 1050. The first-order valence-corrected chi connectivity index (χ1v) is 11.3. The molecule has 0 saturated carbocycles. The summed E-state index contributed by atoms with van der Waals surface area (Å²) in [6, 6.07) is 8.05. The number of para-hydroxylation sites is 1. The van der Waals surface area contributed by atoms with Gasteiger partial charge in [-0.15, -0.1) is 0 Å². The molecule has 3 rings (SSSR count). The minimum atomic E-state index is -3.04. The van der Waals surface area contributed by atoms with Crippen LogP contribution in [0.5, 0.6) is 0 Å². The summed E-state index contributed by atoms with van der Waals surface area (Å²) in [5.41, 5.74) is 2.35. The Morgan fingerprint density at radius 1 is 1.19 bits per heavy atom. The van der Waals surface area contributed by atoms with Gasteiger partial charge in [-0.25, -0.2) is 13.4 Å². The molecule has 6 nitrogen and oxygen atoms in total. The van der Waals surface area contributed by atoms with Crippen molar-refractivity contribution in [2.45, 2.75) is 45.8 Å². The zero-order chi connectivity index (χ0) is 19.7. The molecule has 0 saturated heterocycles. The van der Waals surface area contributed by atoms with Crippen LogP contribution in [0.15, 0.2) is 30.5 Å². The van der Waals surface area contributed by atoms with E-state index in [0.717, 1.165) is 40.6 Å². The van der Waals surface area contributed by atoms with Gasteiger partial charge in [-0.2, -0.15) is 0 Å². The molecule has 0 aliphatic carbocycles. The van der Waals surface area contributed by atoms with Crippen molar-refractivity contribution in [2.24, 2.45) is 0 Å². The molecule has 0 unspecified atom stereocenters. The van der Waals surface area contributed by atoms with Gasteiger partial charge >= 0.3 is 0 Å². The molecule has 0 bridgehead atoms. The summed E-state index contributed by atoms with van der Waals surface area (Å²) in [5, 5.41) is 1.07. The molecule has 146 valence electrons. The lowest BCUT2D eigenvalue weighted by Crippen LogP contribution is -2.33. The molecule has 2 aromatic heterocycles. The van der Waals surface area contributed by atoms with Crippen molar-refractivity contribution in [1.29, 1.82) is 0 Å². The van der Waals surface area contributed by atoms with Crippen molar-refractivity contribution >= 4 is 31.8 Å². The Labute approximate surface area is 160 Å². The maximum Gasteiger partial charge on any atom is 0.149 e. The third kappa shape index (κ3) is 4.65. The molecule has 0 aliphatic rings. The zero-order valence-electron chi connectivity index (χ0n) is 16.4. The monoisotopic (exact) mass is 389 g/mol. The minimum Gasteiger partial charge on any atom is -0.373 e. The van der Waals surface area contributed by atoms with Gasteiger partial charge in [-0.1, -0.05) is 25.1 Å². The van der Waals surface area contributed by atoms with Crippen LogP contribution in [-0.4, -0.2) is 47.2 Å². The van der Waals surface area contributed by atoms with Crippen LogP contribution in [0, 0.1) is 0 Å². The van der Waals surface area contributed by atoms with Gasteiger partial charge < -0.3 is 9.30 Å². The van der Waals surface area contributed by atoms with Crippen LogP contribution >= 0.6 is 0 Å². The molecule has 2 heterocycles. The zero-order valence-corrected chi connectivity index (χ0v) is 17.2. The van der Waals surface area contributed by atoms with Gasteiger partial charge in [-0.3, -0.25) is 4.98 Å². The molecular formula is C20H27N3O3S. The van der Waals surface area contributed by atoms with Gasteiger partial charge in [0.25, 0.3) is 0 Å². The smallest absolute Gasteiger partial charge is 0.149 e. The van der Waals surface area contributed by atoms with Crippen molar-refractivity contribution in [2.75, 3.05) is 18.6 Å². The number of rotatable bonds is 8. The summed E-state index contributed by atoms with van der Waals surface area (Å²) in [4.78, 5) is 9.33. The minimum absolute atomic E-state index is 0.0236. The fraction of sp³-hybridized carbons (Fsp3) is 0.500. The Kier molecular flexibility index (Phi) is 5.53. The number of ether oxygens (including phenoxy) is 1. The molecule has 0 radical (unpaired) electrons. The second-order valence-electron chi connectivity index (χ2n) is 7.61. The van der Waals surface area contributed by atoms with E-state index in [1.54, 1.807) is 0 Å². The van der Waals surface area contributed by atoms with E-state index in [4.69, 9.17) is 9.72 Å². The Morgan fingerprint density at radius 2 is 1.93 bits per heavy atom. The quantitative estimate of drug-likeness (QED) is 0.590. The highest BCUT2D eigenvalue weighted by Gasteiger charge is 2.24. The number of pyridine rings is 1. The number of imidazole rings is 1. The van der Waals surface area contributed by atoms with Crippen molar-refractivity contribution in [1.82, 2.24) is 14.5 Å². The van der Waals surface area contributed by atoms with Crippen LogP contribution in [0.1, 0.15) is 33.0 Å². The second kappa shape index (κ2) is 7.56. The van der Waals surface area contributed by atoms with Gasteiger partial charge in [0.05, 0.1) is 41.7 Å². The number of aryl methyl sites for hydroxylation is 1. The summed E-state index contributed by atoms with van der Waals surface area (Å²) in [6.45, 7) is 6.88. The number of nitrogens with zero attached hydrogens (tertiary/aromatic N) is 3. The SMILES string of the molecule is CCCc1nc2cnc3ccccc3c2n1CC(C)(C)OCCS(C)(=O)=O. The lowest BCUT2D eigenvalue weighted by atomic mass is 10.1. The standard InChI is InChI=1S/C20H27N3O3S/c1-5-8-18-22-17-13-21-16-10-7-6-9-15(16)19(17)23(18)14-20(2,3)26-11-12-27(4,24)25/h6-7,9-10,13H,5,8,11-12,14H2,1-4H3.